The molecule has 1 aliphatic heterocycles. The lowest BCUT2D eigenvalue weighted by Crippen LogP contribution is -2.46. The third-order valence-electron chi connectivity index (χ3n) is 2.11. The van der Waals surface area contributed by atoms with Gasteiger partial charge in [0.25, 0.3) is 0 Å². The van der Waals surface area contributed by atoms with Crippen molar-refractivity contribution < 1.29 is 22.7 Å². The van der Waals surface area contributed by atoms with Crippen molar-refractivity contribution in [2.75, 3.05) is 13.1 Å². The Labute approximate surface area is 79.6 Å². The molecule has 0 saturated carbocycles. The van der Waals surface area contributed by atoms with Crippen molar-refractivity contribution in [3.63, 3.8) is 0 Å². The molecule has 6 heteroatoms. The van der Waals surface area contributed by atoms with Crippen molar-refractivity contribution >= 4 is 5.97 Å². The van der Waals surface area contributed by atoms with Gasteiger partial charge in [0, 0.05) is 20.0 Å². The normalized spacial score (nSPS) is 28.6. The first-order chi connectivity index (χ1) is 6.39. The minimum absolute atomic E-state index is 0.0960. The van der Waals surface area contributed by atoms with Crippen molar-refractivity contribution in [2.45, 2.75) is 25.6 Å². The van der Waals surface area contributed by atoms with Gasteiger partial charge in [-0.3, -0.25) is 4.79 Å². The molecule has 0 aromatic rings. The average molecular weight is 211 g/mol. The number of hydrogen-bond donors (Lipinski definition) is 1. The zero-order valence-corrected chi connectivity index (χ0v) is 7.73. The Morgan fingerprint density at radius 3 is 2.57 bits per heavy atom. The Bertz CT molecular complexity index is 217. The summed E-state index contributed by atoms with van der Waals surface area (Å²) in [5.41, 5.74) is 0. The molecule has 2 atom stereocenters. The maximum atomic E-state index is 12.3. The summed E-state index contributed by atoms with van der Waals surface area (Å²) in [4.78, 5) is 10.5. The van der Waals surface area contributed by atoms with Gasteiger partial charge in [-0.1, -0.05) is 0 Å². The summed E-state index contributed by atoms with van der Waals surface area (Å²) in [6, 6.07) is 0. The van der Waals surface area contributed by atoms with E-state index in [1.54, 1.807) is 0 Å². The highest BCUT2D eigenvalue weighted by Gasteiger charge is 2.42. The number of hydrogen-bond acceptors (Lipinski definition) is 3. The Hall–Kier alpha value is -0.780. The number of carbonyl (C=O) groups excluding carboxylic acids is 1. The SMILES string of the molecule is CC(=O)OC1CNCC(C(F)(F)F)C1. The fourth-order valence-electron chi connectivity index (χ4n) is 1.48. The molecule has 82 valence electrons. The molecule has 0 aromatic heterocycles. The first-order valence-corrected chi connectivity index (χ1v) is 4.34. The van der Waals surface area contributed by atoms with Crippen LogP contribution in [-0.4, -0.2) is 31.3 Å². The standard InChI is InChI=1S/C8H12F3NO2/c1-5(13)14-7-2-6(3-12-4-7)8(9,10)11/h6-7,12H,2-4H2,1H3. The summed E-state index contributed by atoms with van der Waals surface area (Å²) in [6.07, 6.45) is -5.02. The van der Waals surface area contributed by atoms with Crippen LogP contribution < -0.4 is 5.32 Å². The molecule has 14 heavy (non-hydrogen) atoms. The Kier molecular flexibility index (Phi) is 3.36. The predicted octanol–water partition coefficient (Wildman–Crippen LogP) is 1.09. The summed E-state index contributed by atoms with van der Waals surface area (Å²) < 4.78 is 41.5. The first-order valence-electron chi connectivity index (χ1n) is 4.34. The number of rotatable bonds is 1. The average Bonchev–Trinajstić information content (AvgIpc) is 2.01. The molecular formula is C8H12F3NO2. The second kappa shape index (κ2) is 4.16. The van der Waals surface area contributed by atoms with Crippen molar-refractivity contribution in [3.05, 3.63) is 0 Å². The van der Waals surface area contributed by atoms with Crippen LogP contribution in [0.2, 0.25) is 0 Å². The van der Waals surface area contributed by atoms with Gasteiger partial charge in [0.2, 0.25) is 0 Å². The fourth-order valence-corrected chi connectivity index (χ4v) is 1.48. The van der Waals surface area contributed by atoms with Gasteiger partial charge < -0.3 is 10.1 Å². The number of alkyl halides is 3. The summed E-state index contributed by atoms with van der Waals surface area (Å²) in [5.74, 6) is -1.96. The molecule has 3 nitrogen and oxygen atoms in total. The van der Waals surface area contributed by atoms with Gasteiger partial charge in [-0.05, 0) is 6.42 Å². The summed E-state index contributed by atoms with van der Waals surface area (Å²) in [6.45, 7) is 1.39. The van der Waals surface area contributed by atoms with Crippen LogP contribution in [0.5, 0.6) is 0 Å². The van der Waals surface area contributed by atoms with Crippen LogP contribution in [0.4, 0.5) is 13.2 Å². The van der Waals surface area contributed by atoms with Crippen molar-refractivity contribution in [3.8, 4) is 0 Å². The quantitative estimate of drug-likeness (QED) is 0.660. The van der Waals surface area contributed by atoms with E-state index >= 15 is 0 Å². The van der Waals surface area contributed by atoms with E-state index in [-0.39, 0.29) is 13.0 Å². The van der Waals surface area contributed by atoms with Crippen LogP contribution in [0.25, 0.3) is 0 Å². The molecule has 0 radical (unpaired) electrons. The second-order valence-corrected chi connectivity index (χ2v) is 3.36. The number of piperidine rings is 1. The minimum Gasteiger partial charge on any atom is -0.461 e. The van der Waals surface area contributed by atoms with E-state index in [4.69, 9.17) is 4.74 Å². The maximum absolute atomic E-state index is 12.3. The molecule has 0 amide bonds. The minimum atomic E-state index is -4.22. The van der Waals surface area contributed by atoms with Crippen LogP contribution in [0.15, 0.2) is 0 Å². The Balaban J connectivity index is 2.48. The lowest BCUT2D eigenvalue weighted by Gasteiger charge is -2.30. The fraction of sp³-hybridized carbons (Fsp3) is 0.875. The number of nitrogens with one attached hydrogen (secondary N) is 1. The first kappa shape index (κ1) is 11.3. The zero-order valence-electron chi connectivity index (χ0n) is 7.73. The number of esters is 1. The van der Waals surface area contributed by atoms with E-state index in [2.05, 4.69) is 5.32 Å². The van der Waals surface area contributed by atoms with Crippen LogP contribution >= 0.6 is 0 Å². The van der Waals surface area contributed by atoms with Crippen LogP contribution in [0.1, 0.15) is 13.3 Å². The van der Waals surface area contributed by atoms with E-state index in [1.165, 1.54) is 6.92 Å². The van der Waals surface area contributed by atoms with Gasteiger partial charge in [-0.15, -0.1) is 0 Å². The van der Waals surface area contributed by atoms with Gasteiger partial charge in [0.05, 0.1) is 5.92 Å². The molecule has 0 aliphatic carbocycles. The van der Waals surface area contributed by atoms with E-state index in [0.29, 0.717) is 6.54 Å². The summed E-state index contributed by atoms with van der Waals surface area (Å²) in [7, 11) is 0. The van der Waals surface area contributed by atoms with Gasteiger partial charge in [-0.2, -0.15) is 13.2 Å². The van der Waals surface area contributed by atoms with Gasteiger partial charge in [0.1, 0.15) is 6.10 Å². The van der Waals surface area contributed by atoms with E-state index in [0.717, 1.165) is 0 Å². The van der Waals surface area contributed by atoms with Crippen molar-refractivity contribution in [2.24, 2.45) is 5.92 Å². The largest absolute Gasteiger partial charge is 0.461 e. The number of ether oxygens (including phenoxy) is 1. The topological polar surface area (TPSA) is 38.3 Å². The molecule has 1 heterocycles. The van der Waals surface area contributed by atoms with Crippen molar-refractivity contribution in [1.29, 1.82) is 0 Å². The molecule has 0 spiro atoms. The lowest BCUT2D eigenvalue weighted by molar-refractivity contribution is -0.190. The molecule has 1 fully saturated rings. The third kappa shape index (κ3) is 3.17. The summed E-state index contributed by atoms with van der Waals surface area (Å²) >= 11 is 0. The molecule has 1 N–H and O–H groups in total. The molecule has 1 aliphatic rings. The maximum Gasteiger partial charge on any atom is 0.393 e. The molecule has 1 saturated heterocycles. The highest BCUT2D eigenvalue weighted by molar-refractivity contribution is 5.66. The second-order valence-electron chi connectivity index (χ2n) is 3.36. The highest BCUT2D eigenvalue weighted by Crippen LogP contribution is 2.31. The van der Waals surface area contributed by atoms with E-state index in [1.807, 2.05) is 0 Å². The Morgan fingerprint density at radius 2 is 2.07 bits per heavy atom. The van der Waals surface area contributed by atoms with E-state index in [9.17, 15) is 18.0 Å². The third-order valence-corrected chi connectivity index (χ3v) is 2.11. The number of carbonyl (C=O) groups is 1. The van der Waals surface area contributed by atoms with Crippen LogP contribution in [0.3, 0.4) is 0 Å². The summed E-state index contributed by atoms with van der Waals surface area (Å²) in [5, 5.41) is 2.60. The predicted molar refractivity (Wildman–Crippen MR) is 42.6 cm³/mol. The smallest absolute Gasteiger partial charge is 0.393 e. The van der Waals surface area contributed by atoms with Crippen molar-refractivity contribution in [1.82, 2.24) is 5.32 Å². The monoisotopic (exact) mass is 211 g/mol. The highest BCUT2D eigenvalue weighted by atomic mass is 19.4. The Morgan fingerprint density at radius 1 is 1.43 bits per heavy atom. The van der Waals surface area contributed by atoms with Crippen LogP contribution in [-0.2, 0) is 9.53 Å². The molecule has 1 rings (SSSR count). The van der Waals surface area contributed by atoms with Gasteiger partial charge in [0.15, 0.2) is 0 Å². The molecule has 2 unspecified atom stereocenters. The lowest BCUT2D eigenvalue weighted by atomic mass is 9.97. The molecule has 0 aromatic carbocycles. The number of halogens is 3. The van der Waals surface area contributed by atoms with Gasteiger partial charge in [-0.25, -0.2) is 0 Å². The molecule has 0 bridgehead atoms. The van der Waals surface area contributed by atoms with Gasteiger partial charge >= 0.3 is 12.1 Å². The van der Waals surface area contributed by atoms with Crippen LogP contribution in [0, 0.1) is 5.92 Å². The zero-order chi connectivity index (χ0) is 10.8. The molecular weight excluding hydrogens is 199 g/mol. The van der Waals surface area contributed by atoms with E-state index < -0.39 is 24.2 Å².